The zero-order valence-corrected chi connectivity index (χ0v) is 9.43. The van der Waals surface area contributed by atoms with Gasteiger partial charge in [0.25, 0.3) is 0 Å². The Labute approximate surface area is 88.8 Å². The summed E-state index contributed by atoms with van der Waals surface area (Å²) in [5.41, 5.74) is 0.413. The first kappa shape index (κ1) is 11.6. The van der Waals surface area contributed by atoms with Crippen molar-refractivity contribution in [3.05, 3.63) is 12.2 Å². The number of rotatable bonds is 2. The van der Waals surface area contributed by atoms with Crippen LogP contribution in [0.5, 0.6) is 0 Å². The van der Waals surface area contributed by atoms with Gasteiger partial charge in [-0.25, -0.2) is 4.79 Å². The molecular weight excluding hydrogens is 200 g/mol. The molecule has 4 heteroatoms. The van der Waals surface area contributed by atoms with Gasteiger partial charge >= 0.3 is 5.97 Å². The molecule has 1 aliphatic heterocycles. The van der Waals surface area contributed by atoms with Crippen molar-refractivity contribution < 1.29 is 14.3 Å². The summed E-state index contributed by atoms with van der Waals surface area (Å²) in [5, 5.41) is 0. The average molecular weight is 216 g/mol. The highest BCUT2D eigenvalue weighted by Crippen LogP contribution is 2.18. The van der Waals surface area contributed by atoms with Crippen LogP contribution in [-0.2, 0) is 14.3 Å². The van der Waals surface area contributed by atoms with Crippen LogP contribution in [0.15, 0.2) is 12.2 Å². The second kappa shape index (κ2) is 5.41. The van der Waals surface area contributed by atoms with Gasteiger partial charge in [0.05, 0.1) is 11.9 Å². The van der Waals surface area contributed by atoms with Crippen LogP contribution in [0.2, 0.25) is 0 Å². The van der Waals surface area contributed by atoms with E-state index < -0.39 is 6.29 Å². The minimum absolute atomic E-state index is 0.160. The van der Waals surface area contributed by atoms with Gasteiger partial charge in [-0.05, 0) is 26.0 Å². The second-order valence-corrected chi connectivity index (χ2v) is 4.58. The van der Waals surface area contributed by atoms with Crippen LogP contribution >= 0.6 is 11.8 Å². The van der Waals surface area contributed by atoms with E-state index in [0.717, 1.165) is 12.2 Å². The second-order valence-electron chi connectivity index (χ2n) is 3.43. The Kier molecular flexibility index (Phi) is 4.48. The van der Waals surface area contributed by atoms with Gasteiger partial charge in [-0.3, -0.25) is 0 Å². The molecule has 0 saturated carbocycles. The normalized spacial score (nSPS) is 27.9. The van der Waals surface area contributed by atoms with Crippen LogP contribution in [0.4, 0.5) is 0 Å². The van der Waals surface area contributed by atoms with Gasteiger partial charge in [0, 0.05) is 5.57 Å². The molecule has 2 unspecified atom stereocenters. The molecule has 80 valence electrons. The Balaban J connectivity index is 2.42. The summed E-state index contributed by atoms with van der Waals surface area (Å²) in [4.78, 5) is 11.2. The van der Waals surface area contributed by atoms with Gasteiger partial charge in [-0.2, -0.15) is 11.8 Å². The van der Waals surface area contributed by atoms with E-state index in [1.807, 2.05) is 6.92 Å². The van der Waals surface area contributed by atoms with Gasteiger partial charge < -0.3 is 9.47 Å². The molecular formula is C10H16O3S. The van der Waals surface area contributed by atoms with Crippen molar-refractivity contribution in [3.63, 3.8) is 0 Å². The van der Waals surface area contributed by atoms with Gasteiger partial charge in [0.2, 0.25) is 6.29 Å². The van der Waals surface area contributed by atoms with Crippen LogP contribution in [0.1, 0.15) is 20.3 Å². The standard InChI is InChI=1S/C10H16O3S/c1-7(2)10(11)13-9-6-14-5-4-8(3)12-9/h8-9H,1,4-6H2,2-3H3. The van der Waals surface area contributed by atoms with E-state index in [0.29, 0.717) is 11.3 Å². The molecule has 1 saturated heterocycles. The largest absolute Gasteiger partial charge is 0.431 e. The van der Waals surface area contributed by atoms with Gasteiger partial charge in [0.15, 0.2) is 0 Å². The Bertz CT molecular complexity index is 227. The van der Waals surface area contributed by atoms with E-state index in [-0.39, 0.29) is 12.1 Å². The highest BCUT2D eigenvalue weighted by atomic mass is 32.2. The number of hydrogen-bond acceptors (Lipinski definition) is 4. The van der Waals surface area contributed by atoms with Crippen LogP contribution in [0.25, 0.3) is 0 Å². The predicted octanol–water partition coefficient (Wildman–Crippen LogP) is 1.97. The van der Waals surface area contributed by atoms with E-state index >= 15 is 0 Å². The topological polar surface area (TPSA) is 35.5 Å². The first-order valence-electron chi connectivity index (χ1n) is 4.69. The molecule has 1 rings (SSSR count). The zero-order valence-electron chi connectivity index (χ0n) is 8.62. The Morgan fingerprint density at radius 3 is 3.00 bits per heavy atom. The highest BCUT2D eigenvalue weighted by molar-refractivity contribution is 7.99. The lowest BCUT2D eigenvalue weighted by Gasteiger charge is -2.18. The first-order chi connectivity index (χ1) is 6.59. The molecule has 0 N–H and O–H groups in total. The number of esters is 1. The van der Waals surface area contributed by atoms with Crippen molar-refractivity contribution >= 4 is 17.7 Å². The molecule has 0 amide bonds. The van der Waals surface area contributed by atoms with Crippen molar-refractivity contribution in [3.8, 4) is 0 Å². The Morgan fingerprint density at radius 1 is 1.64 bits per heavy atom. The summed E-state index contributed by atoms with van der Waals surface area (Å²) in [7, 11) is 0. The third-order valence-corrected chi connectivity index (χ3v) is 2.93. The van der Waals surface area contributed by atoms with E-state index in [1.54, 1.807) is 18.7 Å². The van der Waals surface area contributed by atoms with E-state index in [2.05, 4.69) is 6.58 Å². The fourth-order valence-corrected chi connectivity index (χ4v) is 2.08. The lowest BCUT2D eigenvalue weighted by molar-refractivity contribution is -0.176. The molecule has 2 atom stereocenters. The number of thioether (sulfide) groups is 1. The van der Waals surface area contributed by atoms with Crippen molar-refractivity contribution in [1.29, 1.82) is 0 Å². The lowest BCUT2D eigenvalue weighted by Crippen LogP contribution is -2.26. The highest BCUT2D eigenvalue weighted by Gasteiger charge is 2.21. The molecule has 0 bridgehead atoms. The number of carbonyl (C=O) groups is 1. The number of ether oxygens (including phenoxy) is 2. The van der Waals surface area contributed by atoms with Gasteiger partial charge in [-0.1, -0.05) is 6.58 Å². The molecule has 0 radical (unpaired) electrons. The lowest BCUT2D eigenvalue weighted by atomic mass is 10.3. The van der Waals surface area contributed by atoms with Crippen LogP contribution in [0.3, 0.4) is 0 Å². The van der Waals surface area contributed by atoms with Crippen molar-refractivity contribution in [2.75, 3.05) is 11.5 Å². The zero-order chi connectivity index (χ0) is 10.6. The molecule has 3 nitrogen and oxygen atoms in total. The molecule has 1 aliphatic rings. The Morgan fingerprint density at radius 2 is 2.36 bits per heavy atom. The van der Waals surface area contributed by atoms with Crippen molar-refractivity contribution in [2.45, 2.75) is 32.7 Å². The number of carbonyl (C=O) groups excluding carboxylic acids is 1. The quantitative estimate of drug-likeness (QED) is 0.522. The van der Waals surface area contributed by atoms with Crippen LogP contribution in [0, 0.1) is 0 Å². The van der Waals surface area contributed by atoms with Gasteiger partial charge in [0.1, 0.15) is 0 Å². The molecule has 0 aromatic rings. The summed E-state index contributed by atoms with van der Waals surface area (Å²) in [6.45, 7) is 7.15. The molecule has 0 spiro atoms. The van der Waals surface area contributed by atoms with Crippen LogP contribution in [-0.4, -0.2) is 29.9 Å². The molecule has 0 aromatic carbocycles. The molecule has 1 fully saturated rings. The molecule has 14 heavy (non-hydrogen) atoms. The molecule has 0 aliphatic carbocycles. The minimum Gasteiger partial charge on any atom is -0.431 e. The third kappa shape index (κ3) is 3.72. The van der Waals surface area contributed by atoms with Crippen molar-refractivity contribution in [1.82, 2.24) is 0 Å². The van der Waals surface area contributed by atoms with Crippen molar-refractivity contribution in [2.24, 2.45) is 0 Å². The Hall–Kier alpha value is -0.480. The predicted molar refractivity (Wildman–Crippen MR) is 57.2 cm³/mol. The summed E-state index contributed by atoms with van der Waals surface area (Å²) in [5.74, 6) is 1.40. The first-order valence-corrected chi connectivity index (χ1v) is 5.84. The monoisotopic (exact) mass is 216 g/mol. The summed E-state index contributed by atoms with van der Waals surface area (Å²) >= 11 is 1.75. The minimum atomic E-state index is -0.415. The maximum absolute atomic E-state index is 11.2. The smallest absolute Gasteiger partial charge is 0.335 e. The summed E-state index contributed by atoms with van der Waals surface area (Å²) in [6.07, 6.45) is 0.751. The maximum Gasteiger partial charge on any atom is 0.335 e. The number of hydrogen-bond donors (Lipinski definition) is 0. The van der Waals surface area contributed by atoms with Gasteiger partial charge in [-0.15, -0.1) is 0 Å². The summed E-state index contributed by atoms with van der Waals surface area (Å²) < 4.78 is 10.6. The molecule has 0 aromatic heterocycles. The SMILES string of the molecule is C=C(C)C(=O)OC1CSCCC(C)O1. The average Bonchev–Trinajstić information content (AvgIpc) is 2.29. The van der Waals surface area contributed by atoms with Crippen LogP contribution < -0.4 is 0 Å². The maximum atomic E-state index is 11.2. The van der Waals surface area contributed by atoms with E-state index in [4.69, 9.17) is 9.47 Å². The summed E-state index contributed by atoms with van der Waals surface area (Å²) in [6, 6.07) is 0. The van der Waals surface area contributed by atoms with E-state index in [9.17, 15) is 4.79 Å². The fourth-order valence-electron chi connectivity index (χ4n) is 1.08. The van der Waals surface area contributed by atoms with E-state index in [1.165, 1.54) is 0 Å². The molecule has 1 heterocycles. The fraction of sp³-hybridized carbons (Fsp3) is 0.700. The third-order valence-electron chi connectivity index (χ3n) is 1.89.